The van der Waals surface area contributed by atoms with Crippen molar-refractivity contribution in [2.45, 2.75) is 4.90 Å². The average molecular weight is 362 g/mol. The molecule has 0 saturated carbocycles. The van der Waals surface area contributed by atoms with Crippen molar-refractivity contribution in [3.8, 4) is 11.4 Å². The molecule has 0 spiro atoms. The molecule has 3 aromatic rings. The molecule has 0 radical (unpaired) electrons. The highest BCUT2D eigenvalue weighted by Crippen LogP contribution is 2.31. The number of hydrogen-bond donors (Lipinski definition) is 2. The maximum Gasteiger partial charge on any atom is 0.240 e. The molecular weight excluding hydrogens is 347 g/mol. The Bertz CT molecular complexity index is 1000. The summed E-state index contributed by atoms with van der Waals surface area (Å²) < 4.78 is 40.9. The van der Waals surface area contributed by atoms with Crippen molar-refractivity contribution in [1.29, 1.82) is 0 Å². The second-order valence-electron chi connectivity index (χ2n) is 5.17. The molecule has 2 aromatic carbocycles. The van der Waals surface area contributed by atoms with Gasteiger partial charge in [0.25, 0.3) is 0 Å². The Morgan fingerprint density at radius 3 is 2.44 bits per heavy atom. The molecule has 0 aliphatic carbocycles. The molecule has 1 aromatic heterocycles. The standard InChI is InChI=1S/C15H15FN6O2S/c1-17-25(23,24)12-7-8-14(18-11-5-3-10(16)4-6-11)13(9-12)15-19-20-21-22(15)2/h3-9,17-18H,1-2H3. The molecule has 0 aliphatic heterocycles. The van der Waals surface area contributed by atoms with Gasteiger partial charge in [-0.15, -0.1) is 5.10 Å². The van der Waals surface area contributed by atoms with E-state index in [0.717, 1.165) is 0 Å². The van der Waals surface area contributed by atoms with E-state index >= 15 is 0 Å². The molecule has 10 heteroatoms. The highest BCUT2D eigenvalue weighted by Gasteiger charge is 2.18. The van der Waals surface area contributed by atoms with Gasteiger partial charge in [0, 0.05) is 24.0 Å². The first-order chi connectivity index (χ1) is 11.9. The van der Waals surface area contributed by atoms with Gasteiger partial charge in [0.05, 0.1) is 4.90 Å². The van der Waals surface area contributed by atoms with Gasteiger partial charge in [-0.1, -0.05) is 0 Å². The number of nitrogens with one attached hydrogen (secondary N) is 2. The van der Waals surface area contributed by atoms with Crippen LogP contribution in [0.3, 0.4) is 0 Å². The summed E-state index contributed by atoms with van der Waals surface area (Å²) in [7, 11) is -0.639. The van der Waals surface area contributed by atoms with Crippen LogP contribution < -0.4 is 10.0 Å². The number of aryl methyl sites for hydroxylation is 1. The summed E-state index contributed by atoms with van der Waals surface area (Å²) in [5.41, 5.74) is 1.72. The van der Waals surface area contributed by atoms with Crippen LogP contribution in [0.5, 0.6) is 0 Å². The summed E-state index contributed by atoms with van der Waals surface area (Å²) in [6.07, 6.45) is 0. The molecule has 3 rings (SSSR count). The van der Waals surface area contributed by atoms with Crippen LogP contribution in [-0.2, 0) is 17.1 Å². The number of sulfonamides is 1. The van der Waals surface area contributed by atoms with Crippen LogP contribution in [0.1, 0.15) is 0 Å². The maximum atomic E-state index is 13.1. The summed E-state index contributed by atoms with van der Waals surface area (Å²) in [5, 5.41) is 14.4. The molecule has 8 nitrogen and oxygen atoms in total. The first-order valence-electron chi connectivity index (χ1n) is 7.23. The number of rotatable bonds is 5. The van der Waals surface area contributed by atoms with Gasteiger partial charge < -0.3 is 5.32 Å². The van der Waals surface area contributed by atoms with Crippen molar-refractivity contribution in [1.82, 2.24) is 24.9 Å². The molecule has 1 heterocycles. The van der Waals surface area contributed by atoms with Crippen LogP contribution >= 0.6 is 0 Å². The summed E-state index contributed by atoms with van der Waals surface area (Å²) in [4.78, 5) is 0.0812. The molecule has 0 unspecified atom stereocenters. The fourth-order valence-electron chi connectivity index (χ4n) is 2.25. The number of anilines is 2. The van der Waals surface area contributed by atoms with Gasteiger partial charge in [-0.05, 0) is 59.9 Å². The van der Waals surface area contributed by atoms with Gasteiger partial charge in [0.1, 0.15) is 5.82 Å². The predicted molar refractivity (Wildman–Crippen MR) is 90.2 cm³/mol. The van der Waals surface area contributed by atoms with Gasteiger partial charge in [0.2, 0.25) is 10.0 Å². The predicted octanol–water partition coefficient (Wildman–Crippen LogP) is 1.67. The zero-order valence-electron chi connectivity index (χ0n) is 13.4. The molecular formula is C15H15FN6O2S. The third-order valence-electron chi connectivity index (χ3n) is 3.55. The second kappa shape index (κ2) is 6.57. The summed E-state index contributed by atoms with van der Waals surface area (Å²) in [6.45, 7) is 0. The Labute approximate surface area is 143 Å². The van der Waals surface area contributed by atoms with E-state index in [-0.39, 0.29) is 10.7 Å². The minimum absolute atomic E-state index is 0.0812. The molecule has 0 bridgehead atoms. The number of tetrazole rings is 1. The van der Waals surface area contributed by atoms with Gasteiger partial charge in [-0.3, -0.25) is 0 Å². The minimum atomic E-state index is -3.63. The van der Waals surface area contributed by atoms with Crippen LogP contribution in [0.25, 0.3) is 11.4 Å². The molecule has 0 atom stereocenters. The Morgan fingerprint density at radius 1 is 1.12 bits per heavy atom. The highest BCUT2D eigenvalue weighted by atomic mass is 32.2. The van der Waals surface area contributed by atoms with Gasteiger partial charge in [0.15, 0.2) is 5.82 Å². The van der Waals surface area contributed by atoms with Crippen molar-refractivity contribution in [3.05, 3.63) is 48.3 Å². The van der Waals surface area contributed by atoms with Gasteiger partial charge >= 0.3 is 0 Å². The third kappa shape index (κ3) is 3.49. The largest absolute Gasteiger partial charge is 0.355 e. The molecule has 0 saturated heterocycles. The lowest BCUT2D eigenvalue weighted by molar-refractivity contribution is 0.588. The van der Waals surface area contributed by atoms with Crippen LogP contribution in [0, 0.1) is 5.82 Å². The van der Waals surface area contributed by atoms with E-state index in [1.165, 1.54) is 36.0 Å². The van der Waals surface area contributed by atoms with Crippen molar-refractivity contribution in [2.75, 3.05) is 12.4 Å². The Hall–Kier alpha value is -2.85. The van der Waals surface area contributed by atoms with E-state index in [2.05, 4.69) is 25.6 Å². The molecule has 2 N–H and O–H groups in total. The number of hydrogen-bond acceptors (Lipinski definition) is 6. The normalized spacial score (nSPS) is 11.5. The Kier molecular flexibility index (Phi) is 4.47. The Morgan fingerprint density at radius 2 is 1.84 bits per heavy atom. The van der Waals surface area contributed by atoms with Crippen LogP contribution in [0.2, 0.25) is 0 Å². The fourth-order valence-corrected chi connectivity index (χ4v) is 3.00. The van der Waals surface area contributed by atoms with Gasteiger partial charge in [-0.2, -0.15) is 0 Å². The number of benzene rings is 2. The van der Waals surface area contributed by atoms with E-state index in [1.807, 2.05) is 0 Å². The number of aromatic nitrogens is 4. The number of halogens is 1. The third-order valence-corrected chi connectivity index (χ3v) is 4.97. The summed E-state index contributed by atoms with van der Waals surface area (Å²) in [5.74, 6) is 0.0384. The van der Waals surface area contributed by atoms with E-state index in [4.69, 9.17) is 0 Å². The van der Waals surface area contributed by atoms with Crippen LogP contribution in [0.15, 0.2) is 47.4 Å². The lowest BCUT2D eigenvalue weighted by Crippen LogP contribution is -2.18. The lowest BCUT2D eigenvalue weighted by atomic mass is 10.1. The maximum absolute atomic E-state index is 13.1. The number of nitrogens with zero attached hydrogens (tertiary/aromatic N) is 4. The zero-order chi connectivity index (χ0) is 18.0. The first kappa shape index (κ1) is 17.0. The topological polar surface area (TPSA) is 102 Å². The summed E-state index contributed by atoms with van der Waals surface area (Å²) >= 11 is 0. The van der Waals surface area contributed by atoms with Crippen molar-refractivity contribution >= 4 is 21.4 Å². The van der Waals surface area contributed by atoms with E-state index < -0.39 is 10.0 Å². The van der Waals surface area contributed by atoms with E-state index in [0.29, 0.717) is 22.8 Å². The highest BCUT2D eigenvalue weighted by molar-refractivity contribution is 7.89. The first-order valence-corrected chi connectivity index (χ1v) is 8.72. The van der Waals surface area contributed by atoms with Crippen molar-refractivity contribution in [3.63, 3.8) is 0 Å². The van der Waals surface area contributed by atoms with Crippen LogP contribution in [-0.4, -0.2) is 35.7 Å². The SMILES string of the molecule is CNS(=O)(=O)c1ccc(Nc2ccc(F)cc2)c(-c2nnnn2C)c1. The fraction of sp³-hybridized carbons (Fsp3) is 0.133. The average Bonchev–Trinajstić information content (AvgIpc) is 3.03. The van der Waals surface area contributed by atoms with E-state index in [9.17, 15) is 12.8 Å². The minimum Gasteiger partial charge on any atom is -0.355 e. The molecule has 0 aliphatic rings. The molecule has 25 heavy (non-hydrogen) atoms. The van der Waals surface area contributed by atoms with Crippen molar-refractivity contribution < 1.29 is 12.8 Å². The van der Waals surface area contributed by atoms with Crippen LogP contribution in [0.4, 0.5) is 15.8 Å². The molecule has 0 fully saturated rings. The van der Waals surface area contributed by atoms with Gasteiger partial charge in [-0.25, -0.2) is 22.2 Å². The monoisotopic (exact) mass is 362 g/mol. The quantitative estimate of drug-likeness (QED) is 0.716. The molecule has 0 amide bonds. The van der Waals surface area contributed by atoms with Crippen molar-refractivity contribution in [2.24, 2.45) is 7.05 Å². The smallest absolute Gasteiger partial charge is 0.240 e. The Balaban J connectivity index is 2.11. The lowest BCUT2D eigenvalue weighted by Gasteiger charge is -2.13. The summed E-state index contributed by atoms with van der Waals surface area (Å²) in [6, 6.07) is 10.3. The second-order valence-corrected chi connectivity index (χ2v) is 7.06. The van der Waals surface area contributed by atoms with E-state index in [1.54, 1.807) is 25.2 Å². The molecule has 130 valence electrons. The zero-order valence-corrected chi connectivity index (χ0v) is 14.2.